The Morgan fingerprint density at radius 3 is 2.83 bits per heavy atom. The zero-order chi connectivity index (χ0) is 13.6. The first-order valence-electron chi connectivity index (χ1n) is 5.83. The Morgan fingerprint density at radius 2 is 2.22 bits per heavy atom. The summed E-state index contributed by atoms with van der Waals surface area (Å²) >= 11 is 1.23. The van der Waals surface area contributed by atoms with E-state index < -0.39 is 10.0 Å². The third-order valence-corrected chi connectivity index (χ3v) is 5.20. The predicted molar refractivity (Wildman–Crippen MR) is 73.4 cm³/mol. The van der Waals surface area contributed by atoms with E-state index in [1.807, 2.05) is 26.3 Å². The topological polar surface area (TPSA) is 67.4 Å². The SMILES string of the molecule is CCOC(C)CNS(=O)(=O)c1cc(CNC)cs1. The largest absolute Gasteiger partial charge is 0.377 e. The van der Waals surface area contributed by atoms with Crippen molar-refractivity contribution in [1.82, 2.24) is 10.0 Å². The second-order valence-electron chi connectivity index (χ2n) is 3.92. The Hall–Kier alpha value is -0.470. The molecule has 1 unspecified atom stereocenters. The second kappa shape index (κ2) is 7.20. The fraction of sp³-hybridized carbons (Fsp3) is 0.636. The van der Waals surface area contributed by atoms with Crippen molar-refractivity contribution in [2.24, 2.45) is 0 Å². The molecule has 1 rings (SSSR count). The number of hydrogen-bond donors (Lipinski definition) is 2. The molecule has 0 fully saturated rings. The average molecular weight is 292 g/mol. The van der Waals surface area contributed by atoms with Crippen LogP contribution in [-0.4, -0.2) is 34.7 Å². The van der Waals surface area contributed by atoms with Crippen molar-refractivity contribution in [2.75, 3.05) is 20.2 Å². The predicted octanol–water partition coefficient (Wildman–Crippen LogP) is 1.17. The van der Waals surface area contributed by atoms with E-state index in [9.17, 15) is 8.42 Å². The van der Waals surface area contributed by atoms with Crippen molar-refractivity contribution >= 4 is 21.4 Å². The highest BCUT2D eigenvalue weighted by molar-refractivity contribution is 7.91. The van der Waals surface area contributed by atoms with Crippen LogP contribution in [0.15, 0.2) is 15.7 Å². The van der Waals surface area contributed by atoms with Gasteiger partial charge in [-0.25, -0.2) is 13.1 Å². The van der Waals surface area contributed by atoms with Crippen molar-refractivity contribution in [3.63, 3.8) is 0 Å². The maximum atomic E-state index is 12.0. The summed E-state index contributed by atoms with van der Waals surface area (Å²) in [6.45, 7) is 5.26. The number of ether oxygens (including phenoxy) is 1. The molecule has 1 aromatic rings. The molecule has 18 heavy (non-hydrogen) atoms. The molecule has 0 aliphatic rings. The van der Waals surface area contributed by atoms with E-state index in [4.69, 9.17) is 4.74 Å². The first kappa shape index (κ1) is 15.6. The van der Waals surface area contributed by atoms with Crippen LogP contribution >= 0.6 is 11.3 Å². The van der Waals surface area contributed by atoms with Gasteiger partial charge < -0.3 is 10.1 Å². The molecular weight excluding hydrogens is 272 g/mol. The minimum atomic E-state index is -3.41. The number of rotatable bonds is 8. The highest BCUT2D eigenvalue weighted by atomic mass is 32.2. The van der Waals surface area contributed by atoms with E-state index in [0.717, 1.165) is 5.56 Å². The molecule has 104 valence electrons. The molecule has 0 radical (unpaired) electrons. The van der Waals surface area contributed by atoms with Gasteiger partial charge in [-0.05, 0) is 37.9 Å². The lowest BCUT2D eigenvalue weighted by atomic mass is 10.3. The molecule has 0 amide bonds. The normalized spacial score (nSPS) is 13.7. The minimum Gasteiger partial charge on any atom is -0.377 e. The van der Waals surface area contributed by atoms with Crippen LogP contribution in [-0.2, 0) is 21.3 Å². The summed E-state index contributed by atoms with van der Waals surface area (Å²) in [7, 11) is -1.58. The van der Waals surface area contributed by atoms with Gasteiger partial charge in [0.2, 0.25) is 10.0 Å². The monoisotopic (exact) mass is 292 g/mol. The number of hydrogen-bond acceptors (Lipinski definition) is 5. The Morgan fingerprint density at radius 1 is 1.50 bits per heavy atom. The van der Waals surface area contributed by atoms with Gasteiger partial charge in [-0.2, -0.15) is 0 Å². The Balaban J connectivity index is 2.62. The highest BCUT2D eigenvalue weighted by Crippen LogP contribution is 2.19. The second-order valence-corrected chi connectivity index (χ2v) is 6.83. The van der Waals surface area contributed by atoms with Gasteiger partial charge in [0.1, 0.15) is 4.21 Å². The molecule has 0 saturated heterocycles. The smallest absolute Gasteiger partial charge is 0.250 e. The molecule has 5 nitrogen and oxygen atoms in total. The van der Waals surface area contributed by atoms with Crippen LogP contribution in [0.3, 0.4) is 0 Å². The lowest BCUT2D eigenvalue weighted by Crippen LogP contribution is -2.31. The molecule has 0 saturated carbocycles. The van der Waals surface area contributed by atoms with Gasteiger partial charge in [-0.15, -0.1) is 11.3 Å². The maximum Gasteiger partial charge on any atom is 0.250 e. The summed E-state index contributed by atoms with van der Waals surface area (Å²) in [6, 6.07) is 1.69. The summed E-state index contributed by atoms with van der Waals surface area (Å²) < 4.78 is 32.1. The maximum absolute atomic E-state index is 12.0. The van der Waals surface area contributed by atoms with Gasteiger partial charge in [0.25, 0.3) is 0 Å². The molecule has 0 aliphatic carbocycles. The highest BCUT2D eigenvalue weighted by Gasteiger charge is 2.17. The van der Waals surface area contributed by atoms with Crippen LogP contribution in [0.25, 0.3) is 0 Å². The first-order valence-corrected chi connectivity index (χ1v) is 8.19. The molecule has 0 aromatic carbocycles. The van der Waals surface area contributed by atoms with Gasteiger partial charge in [0.05, 0.1) is 6.10 Å². The lowest BCUT2D eigenvalue weighted by Gasteiger charge is -2.12. The van der Waals surface area contributed by atoms with Gasteiger partial charge >= 0.3 is 0 Å². The van der Waals surface area contributed by atoms with E-state index in [2.05, 4.69) is 10.0 Å². The van der Waals surface area contributed by atoms with E-state index in [1.54, 1.807) is 6.07 Å². The minimum absolute atomic E-state index is 0.124. The fourth-order valence-corrected chi connectivity index (χ4v) is 3.80. The van der Waals surface area contributed by atoms with Crippen molar-refractivity contribution < 1.29 is 13.2 Å². The number of nitrogens with one attached hydrogen (secondary N) is 2. The molecule has 7 heteroatoms. The molecule has 0 spiro atoms. The summed E-state index contributed by atoms with van der Waals surface area (Å²) in [5, 5.41) is 4.83. The van der Waals surface area contributed by atoms with Crippen LogP contribution in [0.2, 0.25) is 0 Å². The Labute approximate surface area is 113 Å². The summed E-state index contributed by atoms with van der Waals surface area (Å²) in [5.41, 5.74) is 0.973. The van der Waals surface area contributed by atoms with Crippen LogP contribution in [0.4, 0.5) is 0 Å². The van der Waals surface area contributed by atoms with Crippen LogP contribution in [0.5, 0.6) is 0 Å². The van der Waals surface area contributed by atoms with Crippen LogP contribution in [0, 0.1) is 0 Å². The number of sulfonamides is 1. The molecule has 0 bridgehead atoms. The Kier molecular flexibility index (Phi) is 6.24. The quantitative estimate of drug-likeness (QED) is 0.755. The van der Waals surface area contributed by atoms with Crippen LogP contribution < -0.4 is 10.0 Å². The van der Waals surface area contributed by atoms with E-state index in [0.29, 0.717) is 17.4 Å². The van der Waals surface area contributed by atoms with Gasteiger partial charge in [0, 0.05) is 19.7 Å². The molecule has 1 aromatic heterocycles. The van der Waals surface area contributed by atoms with Gasteiger partial charge in [-0.1, -0.05) is 0 Å². The third-order valence-electron chi connectivity index (χ3n) is 2.29. The number of thiophene rings is 1. The zero-order valence-electron chi connectivity index (χ0n) is 10.9. The fourth-order valence-electron chi connectivity index (χ4n) is 1.43. The lowest BCUT2D eigenvalue weighted by molar-refractivity contribution is 0.0800. The van der Waals surface area contributed by atoms with Crippen molar-refractivity contribution in [1.29, 1.82) is 0 Å². The first-order chi connectivity index (χ1) is 8.49. The van der Waals surface area contributed by atoms with E-state index in [1.165, 1.54) is 11.3 Å². The molecular formula is C11H20N2O3S2. The van der Waals surface area contributed by atoms with Crippen molar-refractivity contribution in [3.05, 3.63) is 17.0 Å². The van der Waals surface area contributed by atoms with Gasteiger partial charge in [-0.3, -0.25) is 0 Å². The Bertz CT molecular complexity index is 457. The van der Waals surface area contributed by atoms with Crippen molar-refractivity contribution in [2.45, 2.75) is 30.7 Å². The molecule has 0 aliphatic heterocycles. The molecule has 1 atom stereocenters. The summed E-state index contributed by atoms with van der Waals surface area (Å²) in [6.07, 6.45) is -0.124. The molecule has 1 heterocycles. The molecule has 2 N–H and O–H groups in total. The third kappa shape index (κ3) is 4.66. The van der Waals surface area contributed by atoms with E-state index in [-0.39, 0.29) is 12.6 Å². The van der Waals surface area contributed by atoms with E-state index >= 15 is 0 Å². The van der Waals surface area contributed by atoms with Crippen molar-refractivity contribution in [3.8, 4) is 0 Å². The van der Waals surface area contributed by atoms with Gasteiger partial charge in [0.15, 0.2) is 0 Å². The summed E-state index contributed by atoms with van der Waals surface area (Å²) in [4.78, 5) is 0. The average Bonchev–Trinajstić information content (AvgIpc) is 2.77. The van der Waals surface area contributed by atoms with Crippen LogP contribution in [0.1, 0.15) is 19.4 Å². The zero-order valence-corrected chi connectivity index (χ0v) is 12.5. The standard InChI is InChI=1S/C11H20N2O3S2/c1-4-16-9(2)6-13-18(14,15)11-5-10(7-12-3)8-17-11/h5,8-9,12-13H,4,6-7H2,1-3H3. The summed E-state index contributed by atoms with van der Waals surface area (Å²) in [5.74, 6) is 0.